The number of benzene rings is 2. The van der Waals surface area contributed by atoms with Crippen molar-refractivity contribution in [2.24, 2.45) is 0 Å². The van der Waals surface area contributed by atoms with Crippen molar-refractivity contribution in [2.45, 2.75) is 25.4 Å². The van der Waals surface area contributed by atoms with Crippen molar-refractivity contribution in [3.63, 3.8) is 0 Å². The minimum Gasteiger partial charge on any atom is -0.486 e. The molecule has 0 N–H and O–H groups in total. The van der Waals surface area contributed by atoms with Gasteiger partial charge in [0.05, 0.1) is 0 Å². The van der Waals surface area contributed by atoms with Gasteiger partial charge in [-0.25, -0.2) is 0 Å². The number of fused-ring (bicyclic) bond motifs is 1. The topological polar surface area (TPSA) is 34.6 Å². The van der Waals surface area contributed by atoms with Gasteiger partial charge in [0.1, 0.15) is 13.2 Å². The van der Waals surface area contributed by atoms with Gasteiger partial charge < -0.3 is 9.47 Å². The zero-order valence-corrected chi connectivity index (χ0v) is 15.9. The molecule has 1 aromatic heterocycles. The summed E-state index contributed by atoms with van der Waals surface area (Å²) in [6, 6.07) is 19.9. The van der Waals surface area contributed by atoms with Crippen LogP contribution in [-0.2, 0) is 6.54 Å². The Hall–Kier alpha value is -2.85. The molecule has 4 heteroatoms. The molecule has 2 aliphatic rings. The largest absolute Gasteiger partial charge is 0.486 e. The molecule has 1 fully saturated rings. The molecule has 5 rings (SSSR count). The Kier molecular flexibility index (Phi) is 4.71. The molecular formula is C24H24N2O2. The Bertz CT molecular complexity index is 941. The highest BCUT2D eigenvalue weighted by molar-refractivity contribution is 5.62. The van der Waals surface area contributed by atoms with Gasteiger partial charge in [-0.05, 0) is 65.9 Å². The summed E-state index contributed by atoms with van der Waals surface area (Å²) in [7, 11) is 0. The molecule has 3 aromatic rings. The molecule has 1 atom stereocenters. The average molecular weight is 372 g/mol. The lowest BCUT2D eigenvalue weighted by Crippen LogP contribution is -2.23. The number of likely N-dealkylation sites (tertiary alicyclic amines) is 1. The van der Waals surface area contributed by atoms with Crippen LogP contribution in [0.5, 0.6) is 11.5 Å². The van der Waals surface area contributed by atoms with E-state index in [0.717, 1.165) is 24.6 Å². The molecule has 1 unspecified atom stereocenters. The van der Waals surface area contributed by atoms with Gasteiger partial charge in [0.25, 0.3) is 0 Å². The highest BCUT2D eigenvalue weighted by Crippen LogP contribution is 2.38. The van der Waals surface area contributed by atoms with Crippen LogP contribution in [0.1, 0.15) is 30.0 Å². The van der Waals surface area contributed by atoms with E-state index in [2.05, 4.69) is 52.3 Å². The molecule has 0 spiro atoms. The lowest BCUT2D eigenvalue weighted by Gasteiger charge is -2.26. The van der Waals surface area contributed by atoms with Crippen LogP contribution in [0, 0.1) is 0 Å². The molecule has 28 heavy (non-hydrogen) atoms. The van der Waals surface area contributed by atoms with E-state index >= 15 is 0 Å². The van der Waals surface area contributed by atoms with E-state index in [1.807, 2.05) is 24.5 Å². The summed E-state index contributed by atoms with van der Waals surface area (Å²) in [6.07, 6.45) is 6.10. The first kappa shape index (κ1) is 17.3. The van der Waals surface area contributed by atoms with Crippen LogP contribution in [0.25, 0.3) is 11.1 Å². The Morgan fingerprint density at radius 2 is 1.61 bits per heavy atom. The molecule has 1 saturated heterocycles. The van der Waals surface area contributed by atoms with Gasteiger partial charge in [-0.15, -0.1) is 0 Å². The van der Waals surface area contributed by atoms with Crippen LogP contribution in [0.15, 0.2) is 67.0 Å². The second kappa shape index (κ2) is 7.64. The minimum atomic E-state index is 0.440. The summed E-state index contributed by atoms with van der Waals surface area (Å²) in [5, 5.41) is 0. The monoisotopic (exact) mass is 372 g/mol. The van der Waals surface area contributed by atoms with Gasteiger partial charge in [0.15, 0.2) is 11.5 Å². The van der Waals surface area contributed by atoms with Crippen molar-refractivity contribution in [3.05, 3.63) is 78.1 Å². The summed E-state index contributed by atoms with van der Waals surface area (Å²) in [5.41, 5.74) is 5.12. The van der Waals surface area contributed by atoms with Crippen molar-refractivity contribution >= 4 is 0 Å². The average Bonchev–Trinajstić information content (AvgIpc) is 3.23. The molecule has 0 bridgehead atoms. The van der Waals surface area contributed by atoms with Gasteiger partial charge in [0, 0.05) is 25.0 Å². The lowest BCUT2D eigenvalue weighted by atomic mass is 10.0. The summed E-state index contributed by atoms with van der Waals surface area (Å²) < 4.78 is 11.5. The van der Waals surface area contributed by atoms with Gasteiger partial charge in [-0.1, -0.05) is 30.3 Å². The molecule has 4 nitrogen and oxygen atoms in total. The number of aromatic nitrogens is 1. The summed E-state index contributed by atoms with van der Waals surface area (Å²) in [4.78, 5) is 6.67. The molecule has 0 saturated carbocycles. The highest BCUT2D eigenvalue weighted by Gasteiger charge is 2.27. The first-order chi connectivity index (χ1) is 13.9. The third-order valence-corrected chi connectivity index (χ3v) is 5.67. The predicted octanol–water partition coefficient (Wildman–Crippen LogP) is 4.86. The van der Waals surface area contributed by atoms with Crippen LogP contribution in [0.2, 0.25) is 0 Å². The van der Waals surface area contributed by atoms with Crippen molar-refractivity contribution in [1.82, 2.24) is 9.88 Å². The zero-order chi connectivity index (χ0) is 18.8. The van der Waals surface area contributed by atoms with Crippen LogP contribution < -0.4 is 9.47 Å². The van der Waals surface area contributed by atoms with E-state index in [1.54, 1.807) is 0 Å². The predicted molar refractivity (Wildman–Crippen MR) is 109 cm³/mol. The van der Waals surface area contributed by atoms with Crippen LogP contribution in [0.4, 0.5) is 0 Å². The smallest absolute Gasteiger partial charge is 0.161 e. The molecule has 2 aliphatic heterocycles. The second-order valence-electron chi connectivity index (χ2n) is 7.46. The normalized spacial score (nSPS) is 18.9. The molecule has 142 valence electrons. The van der Waals surface area contributed by atoms with Gasteiger partial charge in [-0.3, -0.25) is 9.88 Å². The Labute approximate surface area is 165 Å². The van der Waals surface area contributed by atoms with Crippen LogP contribution in [-0.4, -0.2) is 29.6 Å². The highest BCUT2D eigenvalue weighted by atomic mass is 16.6. The summed E-state index contributed by atoms with van der Waals surface area (Å²) in [6.45, 7) is 3.37. The van der Waals surface area contributed by atoms with E-state index in [0.29, 0.717) is 19.3 Å². The second-order valence-corrected chi connectivity index (χ2v) is 7.46. The maximum atomic E-state index is 5.78. The van der Waals surface area contributed by atoms with E-state index in [4.69, 9.17) is 9.47 Å². The summed E-state index contributed by atoms with van der Waals surface area (Å²) >= 11 is 0. The standard InChI is InChI=1S/C24H24N2O2/c1-2-22(21-7-8-23-24(16-21)28-15-14-27-23)26(13-1)17-18-3-5-19(6-4-18)20-9-11-25-12-10-20/h3-12,16,22H,1-2,13-15,17H2. The number of hydrogen-bond donors (Lipinski definition) is 0. The van der Waals surface area contributed by atoms with Gasteiger partial charge >= 0.3 is 0 Å². The first-order valence-electron chi connectivity index (χ1n) is 10.00. The van der Waals surface area contributed by atoms with Crippen molar-refractivity contribution < 1.29 is 9.47 Å². The number of pyridine rings is 1. The first-order valence-corrected chi connectivity index (χ1v) is 10.00. The fraction of sp³-hybridized carbons (Fsp3) is 0.292. The number of nitrogens with zero attached hydrogens (tertiary/aromatic N) is 2. The van der Waals surface area contributed by atoms with E-state index in [-0.39, 0.29) is 0 Å². The maximum Gasteiger partial charge on any atom is 0.161 e. The van der Waals surface area contributed by atoms with E-state index < -0.39 is 0 Å². The molecule has 0 aliphatic carbocycles. The van der Waals surface area contributed by atoms with E-state index in [1.165, 1.54) is 35.1 Å². The third kappa shape index (κ3) is 3.48. The number of rotatable bonds is 4. The van der Waals surface area contributed by atoms with Crippen molar-refractivity contribution in [2.75, 3.05) is 19.8 Å². The van der Waals surface area contributed by atoms with Gasteiger partial charge in [-0.2, -0.15) is 0 Å². The lowest BCUT2D eigenvalue weighted by molar-refractivity contribution is 0.170. The van der Waals surface area contributed by atoms with Crippen LogP contribution in [0.3, 0.4) is 0 Å². The molecular weight excluding hydrogens is 348 g/mol. The summed E-state index contributed by atoms with van der Waals surface area (Å²) in [5.74, 6) is 1.75. The van der Waals surface area contributed by atoms with Crippen LogP contribution >= 0.6 is 0 Å². The van der Waals surface area contributed by atoms with E-state index in [9.17, 15) is 0 Å². The molecule has 3 heterocycles. The quantitative estimate of drug-likeness (QED) is 0.655. The number of ether oxygens (including phenoxy) is 2. The molecule has 2 aromatic carbocycles. The minimum absolute atomic E-state index is 0.440. The SMILES string of the molecule is c1cc(-c2ccc(CN3CCCC3c3ccc4c(c3)OCCO4)cc2)ccn1. The van der Waals surface area contributed by atoms with Crippen molar-refractivity contribution in [1.29, 1.82) is 0 Å². The Balaban J connectivity index is 1.32. The molecule has 0 radical (unpaired) electrons. The fourth-order valence-electron chi connectivity index (χ4n) is 4.24. The zero-order valence-electron chi connectivity index (χ0n) is 15.9. The molecule has 0 amide bonds. The Morgan fingerprint density at radius 1 is 0.857 bits per heavy atom. The number of hydrogen-bond acceptors (Lipinski definition) is 4. The van der Waals surface area contributed by atoms with Gasteiger partial charge in [0.2, 0.25) is 0 Å². The fourth-order valence-corrected chi connectivity index (χ4v) is 4.24. The van der Waals surface area contributed by atoms with Crippen molar-refractivity contribution in [3.8, 4) is 22.6 Å². The Morgan fingerprint density at radius 3 is 2.43 bits per heavy atom. The third-order valence-electron chi connectivity index (χ3n) is 5.67. The maximum absolute atomic E-state index is 5.78.